The number of rotatable bonds is 5. The predicted molar refractivity (Wildman–Crippen MR) is 95.1 cm³/mol. The Morgan fingerprint density at radius 1 is 1.04 bits per heavy atom. The third-order valence-corrected chi connectivity index (χ3v) is 4.00. The van der Waals surface area contributed by atoms with Gasteiger partial charge in [-0.3, -0.25) is 9.59 Å². The summed E-state index contributed by atoms with van der Waals surface area (Å²) in [6.45, 7) is 9.23. The number of esters is 1. The van der Waals surface area contributed by atoms with Crippen LogP contribution < -0.4 is 0 Å². The molecule has 0 radical (unpaired) electrons. The first-order chi connectivity index (χ1) is 11.6. The zero-order valence-electron chi connectivity index (χ0n) is 15.2. The van der Waals surface area contributed by atoms with Crippen molar-refractivity contribution in [1.29, 1.82) is 0 Å². The molecule has 0 fully saturated rings. The first kappa shape index (κ1) is 18.6. The summed E-state index contributed by atoms with van der Waals surface area (Å²) < 4.78 is 5.21. The van der Waals surface area contributed by atoms with Crippen molar-refractivity contribution >= 4 is 17.5 Å². The number of carbonyl (C=O) groups is 3. The smallest absolute Gasteiger partial charge is 0.355 e. The molecule has 0 aliphatic heterocycles. The average Bonchev–Trinajstić information content (AvgIpc) is 3.03. The second-order valence-electron chi connectivity index (χ2n) is 7.10. The number of Topliss-reactive ketones (excluding diaryl/α,β-unsaturated/α-hetero) is 2. The molecule has 132 valence electrons. The molecule has 1 heterocycles. The van der Waals surface area contributed by atoms with Gasteiger partial charge in [0.05, 0.1) is 0 Å². The third-order valence-electron chi connectivity index (χ3n) is 4.00. The highest BCUT2D eigenvalue weighted by Crippen LogP contribution is 2.22. The van der Waals surface area contributed by atoms with E-state index in [0.717, 1.165) is 5.56 Å². The van der Waals surface area contributed by atoms with Crippen molar-refractivity contribution in [2.75, 3.05) is 0 Å². The molecule has 0 saturated heterocycles. The highest BCUT2D eigenvalue weighted by atomic mass is 16.5. The van der Waals surface area contributed by atoms with Gasteiger partial charge in [0.1, 0.15) is 5.69 Å². The normalized spacial score (nSPS) is 12.5. The van der Waals surface area contributed by atoms with E-state index in [1.54, 1.807) is 12.1 Å². The lowest BCUT2D eigenvalue weighted by Crippen LogP contribution is -2.24. The fourth-order valence-corrected chi connectivity index (χ4v) is 2.36. The van der Waals surface area contributed by atoms with E-state index in [4.69, 9.17) is 4.74 Å². The number of aromatic amines is 1. The Kier molecular flexibility index (Phi) is 5.26. The van der Waals surface area contributed by atoms with Gasteiger partial charge in [-0.2, -0.15) is 0 Å². The molecule has 0 amide bonds. The van der Waals surface area contributed by atoms with E-state index in [2.05, 4.69) is 25.8 Å². The minimum Gasteiger partial charge on any atom is -0.450 e. The second-order valence-corrected chi connectivity index (χ2v) is 7.10. The van der Waals surface area contributed by atoms with E-state index in [-0.39, 0.29) is 22.7 Å². The molecular formula is C20H23NO4. The topological polar surface area (TPSA) is 76.2 Å². The SMILES string of the molecule is CC(=O)c1c[nH]c(C(=O)OC(C)C(=O)c2ccc(C(C)(C)C)cc2)c1. The van der Waals surface area contributed by atoms with Crippen molar-refractivity contribution in [3.63, 3.8) is 0 Å². The summed E-state index contributed by atoms with van der Waals surface area (Å²) in [5.41, 5.74) is 2.15. The maximum absolute atomic E-state index is 12.4. The first-order valence-electron chi connectivity index (χ1n) is 8.14. The number of nitrogens with one attached hydrogen (secondary N) is 1. The van der Waals surface area contributed by atoms with Crippen LogP contribution in [0.15, 0.2) is 36.5 Å². The Morgan fingerprint density at radius 2 is 1.64 bits per heavy atom. The first-order valence-corrected chi connectivity index (χ1v) is 8.14. The summed E-state index contributed by atoms with van der Waals surface area (Å²) >= 11 is 0. The molecular weight excluding hydrogens is 318 g/mol. The van der Waals surface area contributed by atoms with Crippen LogP contribution in [0.4, 0.5) is 0 Å². The maximum atomic E-state index is 12.4. The van der Waals surface area contributed by atoms with Crippen LogP contribution in [0, 0.1) is 0 Å². The van der Waals surface area contributed by atoms with E-state index >= 15 is 0 Å². The van der Waals surface area contributed by atoms with E-state index in [1.165, 1.54) is 26.1 Å². The molecule has 0 saturated carbocycles. The lowest BCUT2D eigenvalue weighted by molar-refractivity contribution is 0.0314. The van der Waals surface area contributed by atoms with Gasteiger partial charge >= 0.3 is 5.97 Å². The summed E-state index contributed by atoms with van der Waals surface area (Å²) in [4.78, 5) is 38.5. The standard InChI is InChI=1S/C20H23NO4/c1-12(22)15-10-17(21-11-15)19(24)25-13(2)18(23)14-6-8-16(9-7-14)20(3,4)5/h6-11,13,21H,1-5H3. The highest BCUT2D eigenvalue weighted by Gasteiger charge is 2.22. The zero-order chi connectivity index (χ0) is 18.8. The molecule has 2 aromatic rings. The third kappa shape index (κ3) is 4.44. The Labute approximate surface area is 147 Å². The number of H-pyrrole nitrogens is 1. The van der Waals surface area contributed by atoms with Gasteiger partial charge in [-0.15, -0.1) is 0 Å². The van der Waals surface area contributed by atoms with Gasteiger partial charge in [0.2, 0.25) is 5.78 Å². The second kappa shape index (κ2) is 7.05. The molecule has 25 heavy (non-hydrogen) atoms. The summed E-state index contributed by atoms with van der Waals surface area (Å²) in [6.07, 6.45) is 0.522. The molecule has 5 nitrogen and oxygen atoms in total. The van der Waals surface area contributed by atoms with Gasteiger partial charge in [-0.05, 0) is 30.9 Å². The molecule has 1 aromatic carbocycles. The quantitative estimate of drug-likeness (QED) is 0.660. The van der Waals surface area contributed by atoms with Gasteiger partial charge in [0, 0.05) is 17.3 Å². The molecule has 0 aliphatic rings. The van der Waals surface area contributed by atoms with Crippen LogP contribution in [0.25, 0.3) is 0 Å². The number of benzene rings is 1. The van der Waals surface area contributed by atoms with Crippen LogP contribution in [0.1, 0.15) is 71.4 Å². The Bertz CT molecular complexity index is 794. The van der Waals surface area contributed by atoms with E-state index in [0.29, 0.717) is 11.1 Å². The Balaban J connectivity index is 2.06. The number of carbonyl (C=O) groups excluding carboxylic acids is 3. The minimum atomic E-state index is -0.919. The average molecular weight is 341 g/mol. The lowest BCUT2D eigenvalue weighted by Gasteiger charge is -2.19. The Morgan fingerprint density at radius 3 is 2.12 bits per heavy atom. The highest BCUT2D eigenvalue weighted by molar-refractivity contribution is 6.02. The van der Waals surface area contributed by atoms with Crippen LogP contribution in [-0.2, 0) is 10.2 Å². The van der Waals surface area contributed by atoms with E-state index in [9.17, 15) is 14.4 Å². The molecule has 0 bridgehead atoms. The van der Waals surface area contributed by atoms with Crippen LogP contribution in [0.5, 0.6) is 0 Å². The molecule has 1 unspecified atom stereocenters. The fourth-order valence-electron chi connectivity index (χ4n) is 2.36. The molecule has 0 aliphatic carbocycles. The van der Waals surface area contributed by atoms with Gasteiger partial charge < -0.3 is 9.72 Å². The number of ether oxygens (including phenoxy) is 1. The number of ketones is 2. The van der Waals surface area contributed by atoms with Crippen LogP contribution in [0.2, 0.25) is 0 Å². The van der Waals surface area contributed by atoms with Gasteiger partial charge in [-0.25, -0.2) is 4.79 Å². The van der Waals surface area contributed by atoms with Gasteiger partial charge in [0.15, 0.2) is 11.9 Å². The zero-order valence-corrected chi connectivity index (χ0v) is 15.2. The molecule has 1 N–H and O–H groups in total. The van der Waals surface area contributed by atoms with Crippen molar-refractivity contribution in [2.24, 2.45) is 0 Å². The molecule has 1 atom stereocenters. The summed E-state index contributed by atoms with van der Waals surface area (Å²) in [7, 11) is 0. The maximum Gasteiger partial charge on any atom is 0.355 e. The number of hydrogen-bond acceptors (Lipinski definition) is 4. The largest absolute Gasteiger partial charge is 0.450 e. The summed E-state index contributed by atoms with van der Waals surface area (Å²) in [5.74, 6) is -1.09. The van der Waals surface area contributed by atoms with Crippen molar-refractivity contribution < 1.29 is 19.1 Å². The molecule has 1 aromatic heterocycles. The molecule has 2 rings (SSSR count). The van der Waals surface area contributed by atoms with Crippen molar-refractivity contribution in [3.8, 4) is 0 Å². The van der Waals surface area contributed by atoms with Gasteiger partial charge in [0.25, 0.3) is 0 Å². The number of aromatic nitrogens is 1. The summed E-state index contributed by atoms with van der Waals surface area (Å²) in [5, 5.41) is 0. The fraction of sp³-hybridized carbons (Fsp3) is 0.350. The molecule has 5 heteroatoms. The monoisotopic (exact) mass is 341 g/mol. The van der Waals surface area contributed by atoms with Crippen LogP contribution >= 0.6 is 0 Å². The Hall–Kier alpha value is -2.69. The van der Waals surface area contributed by atoms with Crippen molar-refractivity contribution in [2.45, 2.75) is 46.1 Å². The number of hydrogen-bond donors (Lipinski definition) is 1. The van der Waals surface area contributed by atoms with E-state index < -0.39 is 12.1 Å². The van der Waals surface area contributed by atoms with E-state index in [1.807, 2.05) is 12.1 Å². The van der Waals surface area contributed by atoms with Crippen LogP contribution in [0.3, 0.4) is 0 Å². The minimum absolute atomic E-state index is 0.00168. The van der Waals surface area contributed by atoms with Crippen molar-refractivity contribution in [3.05, 3.63) is 58.9 Å². The van der Waals surface area contributed by atoms with Crippen molar-refractivity contribution in [1.82, 2.24) is 4.98 Å². The van der Waals surface area contributed by atoms with Crippen LogP contribution in [-0.4, -0.2) is 28.6 Å². The predicted octanol–water partition coefficient (Wildman–Crippen LogP) is 3.94. The lowest BCUT2D eigenvalue weighted by atomic mass is 9.86. The molecule has 0 spiro atoms. The van der Waals surface area contributed by atoms with Gasteiger partial charge in [-0.1, -0.05) is 45.0 Å². The summed E-state index contributed by atoms with van der Waals surface area (Å²) in [6, 6.07) is 8.73.